The topological polar surface area (TPSA) is 57.7 Å². The lowest BCUT2D eigenvalue weighted by atomic mass is 10.00. The summed E-state index contributed by atoms with van der Waals surface area (Å²) in [4.78, 5) is 14.5. The van der Waals surface area contributed by atoms with Crippen LogP contribution in [0.15, 0.2) is 18.2 Å². The number of benzene rings is 1. The highest BCUT2D eigenvalue weighted by atomic mass is 32.2. The predicted octanol–water partition coefficient (Wildman–Crippen LogP) is 2.41. The Morgan fingerprint density at radius 3 is 2.57 bits per heavy atom. The second-order valence-electron chi connectivity index (χ2n) is 6.64. The Kier molecular flexibility index (Phi) is 4.36. The van der Waals surface area contributed by atoms with E-state index in [1.165, 1.54) is 23.4 Å². The van der Waals surface area contributed by atoms with Gasteiger partial charge in [-0.2, -0.15) is 0 Å². The molecule has 3 rings (SSSR count). The zero-order valence-electron chi connectivity index (χ0n) is 13.8. The third-order valence-electron chi connectivity index (χ3n) is 5.00. The summed E-state index contributed by atoms with van der Waals surface area (Å²) in [5, 5.41) is 0. The fourth-order valence-corrected chi connectivity index (χ4v) is 4.70. The second-order valence-corrected chi connectivity index (χ2v) is 8.54. The van der Waals surface area contributed by atoms with E-state index in [9.17, 15) is 13.2 Å². The van der Waals surface area contributed by atoms with Crippen molar-refractivity contribution in [2.75, 3.05) is 24.2 Å². The normalized spacial score (nSPS) is 18.8. The fraction of sp³-hybridized carbons (Fsp3) is 0.588. The molecule has 1 aromatic rings. The Morgan fingerprint density at radius 2 is 1.91 bits per heavy atom. The number of aryl methyl sites for hydroxylation is 1. The van der Waals surface area contributed by atoms with Crippen molar-refractivity contribution in [2.24, 2.45) is 0 Å². The van der Waals surface area contributed by atoms with Crippen LogP contribution in [-0.4, -0.2) is 45.1 Å². The van der Waals surface area contributed by atoms with Gasteiger partial charge in [0.2, 0.25) is 10.0 Å². The summed E-state index contributed by atoms with van der Waals surface area (Å²) in [5.74, 6) is 0.0381. The lowest BCUT2D eigenvalue weighted by Gasteiger charge is -2.30. The molecule has 1 fully saturated rings. The van der Waals surface area contributed by atoms with Gasteiger partial charge in [0.1, 0.15) is 0 Å². The van der Waals surface area contributed by atoms with E-state index >= 15 is 0 Å². The van der Waals surface area contributed by atoms with Crippen LogP contribution in [0.25, 0.3) is 0 Å². The van der Waals surface area contributed by atoms with Crippen LogP contribution >= 0.6 is 0 Å². The van der Waals surface area contributed by atoms with Gasteiger partial charge in [-0.25, -0.2) is 8.42 Å². The summed E-state index contributed by atoms with van der Waals surface area (Å²) in [5.41, 5.74) is 2.33. The van der Waals surface area contributed by atoms with Gasteiger partial charge in [-0.1, -0.05) is 12.8 Å². The minimum atomic E-state index is -3.26. The molecule has 126 valence electrons. The Bertz CT molecular complexity index is 709. The third kappa shape index (κ3) is 3.22. The highest BCUT2D eigenvalue weighted by molar-refractivity contribution is 7.92. The van der Waals surface area contributed by atoms with Crippen molar-refractivity contribution >= 4 is 21.6 Å². The first-order valence-corrected chi connectivity index (χ1v) is 10.1. The molecule has 2 aliphatic rings. The molecule has 0 atom stereocenters. The number of hydrogen-bond acceptors (Lipinski definition) is 3. The summed E-state index contributed by atoms with van der Waals surface area (Å²) in [7, 11) is -1.39. The van der Waals surface area contributed by atoms with Crippen LogP contribution in [0.2, 0.25) is 0 Å². The number of nitrogens with zero attached hydrogens (tertiary/aromatic N) is 2. The van der Waals surface area contributed by atoms with Crippen LogP contribution < -0.4 is 4.31 Å². The molecule has 5 nitrogen and oxygen atoms in total. The van der Waals surface area contributed by atoms with Crippen molar-refractivity contribution in [1.29, 1.82) is 0 Å². The summed E-state index contributed by atoms with van der Waals surface area (Å²) >= 11 is 0. The van der Waals surface area contributed by atoms with Gasteiger partial charge in [0.15, 0.2) is 0 Å². The molecule has 0 N–H and O–H groups in total. The van der Waals surface area contributed by atoms with E-state index in [1.54, 1.807) is 12.1 Å². The zero-order chi connectivity index (χ0) is 16.6. The van der Waals surface area contributed by atoms with Gasteiger partial charge in [0.25, 0.3) is 5.91 Å². The zero-order valence-corrected chi connectivity index (χ0v) is 14.6. The molecular weight excluding hydrogens is 312 g/mol. The monoisotopic (exact) mass is 336 g/mol. The molecule has 1 heterocycles. The molecule has 0 spiro atoms. The van der Waals surface area contributed by atoms with Crippen molar-refractivity contribution < 1.29 is 13.2 Å². The van der Waals surface area contributed by atoms with Gasteiger partial charge in [0.05, 0.1) is 11.9 Å². The lowest BCUT2D eigenvalue weighted by molar-refractivity contribution is 0.0735. The average Bonchev–Trinajstić information content (AvgIpc) is 3.05. The molecule has 0 unspecified atom stereocenters. The first-order chi connectivity index (χ1) is 10.9. The van der Waals surface area contributed by atoms with E-state index in [0.29, 0.717) is 18.2 Å². The molecule has 1 aliphatic heterocycles. The molecule has 6 heteroatoms. The van der Waals surface area contributed by atoms with E-state index in [1.807, 2.05) is 18.0 Å². The van der Waals surface area contributed by atoms with Crippen LogP contribution in [-0.2, 0) is 16.4 Å². The Labute approximate surface area is 138 Å². The number of carbonyl (C=O) groups excluding carboxylic acids is 1. The highest BCUT2D eigenvalue weighted by Crippen LogP contribution is 2.31. The van der Waals surface area contributed by atoms with Crippen LogP contribution in [0.4, 0.5) is 5.69 Å². The number of hydrogen-bond donors (Lipinski definition) is 0. The van der Waals surface area contributed by atoms with Gasteiger partial charge in [0, 0.05) is 25.2 Å². The van der Waals surface area contributed by atoms with E-state index in [4.69, 9.17) is 0 Å². The van der Waals surface area contributed by atoms with E-state index in [2.05, 4.69) is 0 Å². The molecule has 0 bridgehead atoms. The molecule has 23 heavy (non-hydrogen) atoms. The maximum Gasteiger partial charge on any atom is 0.253 e. The fourth-order valence-electron chi connectivity index (χ4n) is 3.70. The van der Waals surface area contributed by atoms with Crippen molar-refractivity contribution in [1.82, 2.24) is 4.90 Å². The average molecular weight is 336 g/mol. The molecule has 1 aliphatic carbocycles. The quantitative estimate of drug-likeness (QED) is 0.852. The van der Waals surface area contributed by atoms with E-state index < -0.39 is 10.0 Å². The first kappa shape index (κ1) is 16.3. The predicted molar refractivity (Wildman–Crippen MR) is 91.3 cm³/mol. The summed E-state index contributed by atoms with van der Waals surface area (Å²) in [6.45, 7) is 0.515. The van der Waals surface area contributed by atoms with Crippen molar-refractivity contribution in [3.8, 4) is 0 Å². The molecule has 1 amide bonds. The maximum absolute atomic E-state index is 12.7. The summed E-state index contributed by atoms with van der Waals surface area (Å²) in [6.07, 6.45) is 7.37. The SMILES string of the molecule is CN(C(=O)c1ccc2c(c1)CCCN2S(C)(=O)=O)C1CCCC1. The smallest absolute Gasteiger partial charge is 0.253 e. The molecule has 0 aromatic heterocycles. The molecule has 0 saturated heterocycles. The van der Waals surface area contributed by atoms with E-state index in [0.717, 1.165) is 36.9 Å². The minimum Gasteiger partial charge on any atom is -0.339 e. The van der Waals surface area contributed by atoms with Crippen LogP contribution in [0, 0.1) is 0 Å². The number of anilines is 1. The Morgan fingerprint density at radius 1 is 1.22 bits per heavy atom. The Balaban J connectivity index is 1.87. The van der Waals surface area contributed by atoms with Crippen molar-refractivity contribution in [3.63, 3.8) is 0 Å². The number of rotatable bonds is 3. The number of carbonyl (C=O) groups is 1. The molecule has 1 aromatic carbocycles. The van der Waals surface area contributed by atoms with Gasteiger partial charge >= 0.3 is 0 Å². The number of amides is 1. The number of fused-ring (bicyclic) bond motifs is 1. The van der Waals surface area contributed by atoms with Crippen molar-refractivity contribution in [2.45, 2.75) is 44.6 Å². The first-order valence-electron chi connectivity index (χ1n) is 8.26. The molecular formula is C17H24N2O3S. The molecule has 0 radical (unpaired) electrons. The van der Waals surface area contributed by atoms with Crippen LogP contribution in [0.3, 0.4) is 0 Å². The minimum absolute atomic E-state index is 0.0381. The molecule has 1 saturated carbocycles. The highest BCUT2D eigenvalue weighted by Gasteiger charge is 2.27. The van der Waals surface area contributed by atoms with E-state index in [-0.39, 0.29) is 5.91 Å². The third-order valence-corrected chi connectivity index (χ3v) is 6.18. The van der Waals surface area contributed by atoms with Gasteiger partial charge in [-0.15, -0.1) is 0 Å². The van der Waals surface area contributed by atoms with Gasteiger partial charge in [-0.3, -0.25) is 9.10 Å². The maximum atomic E-state index is 12.7. The standard InChI is InChI=1S/C17H24N2O3S/c1-18(15-7-3-4-8-15)17(20)14-9-10-16-13(12-14)6-5-11-19(16)23(2,21)22/h9-10,12,15H,3-8,11H2,1-2H3. The van der Waals surface area contributed by atoms with Crippen LogP contribution in [0.5, 0.6) is 0 Å². The Hall–Kier alpha value is -1.56. The summed E-state index contributed by atoms with van der Waals surface area (Å²) in [6, 6.07) is 5.76. The largest absolute Gasteiger partial charge is 0.339 e. The van der Waals surface area contributed by atoms with Crippen molar-refractivity contribution in [3.05, 3.63) is 29.3 Å². The number of sulfonamides is 1. The van der Waals surface area contributed by atoms with Crippen LogP contribution in [0.1, 0.15) is 48.0 Å². The van der Waals surface area contributed by atoms with Gasteiger partial charge < -0.3 is 4.90 Å². The summed E-state index contributed by atoms with van der Waals surface area (Å²) < 4.78 is 25.2. The van der Waals surface area contributed by atoms with Gasteiger partial charge in [-0.05, 0) is 49.4 Å². The lowest BCUT2D eigenvalue weighted by Crippen LogP contribution is -2.36. The second kappa shape index (κ2) is 6.15.